The van der Waals surface area contributed by atoms with Crippen molar-refractivity contribution in [2.75, 3.05) is 6.54 Å². The Bertz CT molecular complexity index is 926. The third-order valence-electron chi connectivity index (χ3n) is 4.27. The number of hydrogen-bond acceptors (Lipinski definition) is 5. The number of benzene rings is 1. The smallest absolute Gasteiger partial charge is 0.262 e. The average molecular weight is 329 g/mol. The van der Waals surface area contributed by atoms with Gasteiger partial charge in [-0.05, 0) is 32.9 Å². The van der Waals surface area contributed by atoms with E-state index in [1.54, 1.807) is 14.0 Å². The van der Waals surface area contributed by atoms with Gasteiger partial charge in [0.2, 0.25) is 5.78 Å². The lowest BCUT2D eigenvalue weighted by atomic mass is 10.2. The van der Waals surface area contributed by atoms with Gasteiger partial charge in [0.1, 0.15) is 0 Å². The highest BCUT2D eigenvalue weighted by Gasteiger charge is 2.19. The normalized spacial score (nSPS) is 13.5. The maximum atomic E-state index is 12.5. The molecule has 0 saturated carbocycles. The van der Waals surface area contributed by atoms with Gasteiger partial charge >= 0.3 is 0 Å². The van der Waals surface area contributed by atoms with Crippen LogP contribution < -0.4 is 5.56 Å². The molecule has 1 aromatic carbocycles. The van der Waals surface area contributed by atoms with Crippen molar-refractivity contribution in [3.8, 4) is 0 Å². The van der Waals surface area contributed by atoms with Gasteiger partial charge in [-0.1, -0.05) is 12.1 Å². The largest absolute Gasteiger partial charge is 0.392 e. The molecule has 24 heavy (non-hydrogen) atoms. The van der Waals surface area contributed by atoms with E-state index in [1.807, 2.05) is 28.7 Å². The van der Waals surface area contributed by atoms with Crippen LogP contribution in [0.2, 0.25) is 0 Å². The summed E-state index contributed by atoms with van der Waals surface area (Å²) in [5, 5.41) is 18.9. The van der Waals surface area contributed by atoms with E-state index in [4.69, 9.17) is 0 Å². The van der Waals surface area contributed by atoms with E-state index in [0.29, 0.717) is 24.3 Å². The van der Waals surface area contributed by atoms with Crippen molar-refractivity contribution in [1.82, 2.24) is 24.1 Å². The second-order valence-corrected chi connectivity index (χ2v) is 6.51. The number of nitrogens with zero attached hydrogens (tertiary/aromatic N) is 5. The Morgan fingerprint density at radius 3 is 2.58 bits per heavy atom. The Morgan fingerprint density at radius 1 is 1.21 bits per heavy atom. The lowest BCUT2D eigenvalue weighted by molar-refractivity contribution is 0.101. The minimum atomic E-state index is -0.423. The van der Waals surface area contributed by atoms with Gasteiger partial charge in [-0.15, -0.1) is 10.2 Å². The second kappa shape index (κ2) is 6.33. The van der Waals surface area contributed by atoms with Crippen LogP contribution in [-0.2, 0) is 13.6 Å². The number of para-hydroxylation sites is 1. The minimum absolute atomic E-state index is 0.0817. The molecule has 1 unspecified atom stereocenters. The highest BCUT2D eigenvalue weighted by molar-refractivity contribution is 5.80. The number of rotatable bonds is 5. The van der Waals surface area contributed by atoms with Gasteiger partial charge in [-0.2, -0.15) is 0 Å². The van der Waals surface area contributed by atoms with Crippen LogP contribution in [-0.4, -0.2) is 47.9 Å². The number of aliphatic hydroxyl groups is 1. The maximum absolute atomic E-state index is 12.5. The Morgan fingerprint density at radius 2 is 1.92 bits per heavy atom. The number of aromatic nitrogens is 4. The van der Waals surface area contributed by atoms with Crippen LogP contribution in [0.15, 0.2) is 29.1 Å². The van der Waals surface area contributed by atoms with Gasteiger partial charge in [0.15, 0.2) is 5.82 Å². The molecule has 0 aliphatic carbocycles. The second-order valence-electron chi connectivity index (χ2n) is 6.51. The molecule has 0 fully saturated rings. The Hall–Kier alpha value is -2.25. The molecule has 0 aliphatic heterocycles. The zero-order valence-electron chi connectivity index (χ0n) is 14.5. The van der Waals surface area contributed by atoms with Gasteiger partial charge in [-0.3, -0.25) is 18.7 Å². The Kier molecular flexibility index (Phi) is 4.38. The van der Waals surface area contributed by atoms with Crippen molar-refractivity contribution >= 4 is 16.7 Å². The standard InChI is InChI=1S/C17H23N5O2/c1-11(2)21(9-12(3)23)10-15-18-19-17-20(4)16(24)13-7-5-6-8-14(13)22(15)17/h5-8,11-12,23H,9-10H2,1-4H3. The Labute approximate surface area is 140 Å². The third kappa shape index (κ3) is 2.81. The van der Waals surface area contributed by atoms with Crippen LogP contribution in [0.4, 0.5) is 0 Å². The number of aryl methyl sites for hydroxylation is 1. The molecular weight excluding hydrogens is 306 g/mol. The van der Waals surface area contributed by atoms with Crippen LogP contribution >= 0.6 is 0 Å². The van der Waals surface area contributed by atoms with E-state index in [-0.39, 0.29) is 11.6 Å². The zero-order valence-corrected chi connectivity index (χ0v) is 14.5. The van der Waals surface area contributed by atoms with Crippen molar-refractivity contribution in [2.24, 2.45) is 7.05 Å². The quantitative estimate of drug-likeness (QED) is 0.760. The first-order chi connectivity index (χ1) is 11.4. The lowest BCUT2D eigenvalue weighted by Gasteiger charge is -2.26. The predicted octanol–water partition coefficient (Wildman–Crippen LogP) is 1.17. The molecule has 2 aromatic heterocycles. The molecule has 3 aromatic rings. The van der Waals surface area contributed by atoms with E-state index in [9.17, 15) is 9.90 Å². The SMILES string of the molecule is CC(O)CN(Cc1nnc2n(C)c(=O)c3ccccc3n12)C(C)C. The highest BCUT2D eigenvalue weighted by atomic mass is 16.3. The van der Waals surface area contributed by atoms with Gasteiger partial charge in [0.05, 0.1) is 23.6 Å². The molecule has 0 saturated heterocycles. The first kappa shape index (κ1) is 16.6. The van der Waals surface area contributed by atoms with Crippen molar-refractivity contribution < 1.29 is 5.11 Å². The minimum Gasteiger partial charge on any atom is -0.392 e. The fourth-order valence-electron chi connectivity index (χ4n) is 2.97. The monoisotopic (exact) mass is 329 g/mol. The van der Waals surface area contributed by atoms with Gasteiger partial charge in [0, 0.05) is 19.6 Å². The molecule has 128 valence electrons. The molecule has 0 aliphatic rings. The Balaban J connectivity index is 2.18. The van der Waals surface area contributed by atoms with Crippen molar-refractivity contribution in [3.05, 3.63) is 40.4 Å². The molecule has 7 nitrogen and oxygen atoms in total. The van der Waals surface area contributed by atoms with Crippen LogP contribution in [0.5, 0.6) is 0 Å². The summed E-state index contributed by atoms with van der Waals surface area (Å²) in [6.45, 7) is 7.04. The molecule has 2 heterocycles. The third-order valence-corrected chi connectivity index (χ3v) is 4.27. The summed E-state index contributed by atoms with van der Waals surface area (Å²) in [6.07, 6.45) is -0.423. The maximum Gasteiger partial charge on any atom is 0.262 e. The van der Waals surface area contributed by atoms with E-state index in [1.165, 1.54) is 4.57 Å². The van der Waals surface area contributed by atoms with Crippen LogP contribution in [0.1, 0.15) is 26.6 Å². The first-order valence-electron chi connectivity index (χ1n) is 8.14. The highest BCUT2D eigenvalue weighted by Crippen LogP contribution is 2.16. The van der Waals surface area contributed by atoms with Crippen molar-refractivity contribution in [1.29, 1.82) is 0 Å². The summed E-state index contributed by atoms with van der Waals surface area (Å²) in [5.74, 6) is 1.28. The molecule has 1 N–H and O–H groups in total. The fraction of sp³-hybridized carbons (Fsp3) is 0.471. The topological polar surface area (TPSA) is 75.7 Å². The van der Waals surface area contributed by atoms with Gasteiger partial charge < -0.3 is 5.11 Å². The van der Waals surface area contributed by atoms with Crippen LogP contribution in [0, 0.1) is 0 Å². The molecule has 0 spiro atoms. The summed E-state index contributed by atoms with van der Waals surface area (Å²) >= 11 is 0. The summed E-state index contributed by atoms with van der Waals surface area (Å²) in [7, 11) is 1.71. The zero-order chi connectivity index (χ0) is 17.4. The number of hydrogen-bond donors (Lipinski definition) is 1. The summed E-state index contributed by atoms with van der Waals surface area (Å²) in [4.78, 5) is 14.6. The molecule has 1 atom stereocenters. The van der Waals surface area contributed by atoms with Crippen LogP contribution in [0.25, 0.3) is 16.7 Å². The number of fused-ring (bicyclic) bond motifs is 3. The molecular formula is C17H23N5O2. The van der Waals surface area contributed by atoms with Gasteiger partial charge in [0.25, 0.3) is 5.56 Å². The van der Waals surface area contributed by atoms with E-state index in [2.05, 4.69) is 28.9 Å². The lowest BCUT2D eigenvalue weighted by Crippen LogP contribution is -2.36. The fourth-order valence-corrected chi connectivity index (χ4v) is 2.97. The summed E-state index contributed by atoms with van der Waals surface area (Å²) in [5.41, 5.74) is 0.720. The van der Waals surface area contributed by atoms with E-state index >= 15 is 0 Å². The summed E-state index contributed by atoms with van der Waals surface area (Å²) < 4.78 is 3.45. The number of aliphatic hydroxyl groups excluding tert-OH is 1. The van der Waals surface area contributed by atoms with Crippen molar-refractivity contribution in [2.45, 2.75) is 39.5 Å². The average Bonchev–Trinajstić information content (AvgIpc) is 2.95. The van der Waals surface area contributed by atoms with Gasteiger partial charge in [-0.25, -0.2) is 0 Å². The molecule has 3 rings (SSSR count). The molecule has 0 bridgehead atoms. The molecule has 0 amide bonds. The molecule has 0 radical (unpaired) electrons. The summed E-state index contributed by atoms with van der Waals surface area (Å²) in [6, 6.07) is 7.74. The predicted molar refractivity (Wildman–Crippen MR) is 93.0 cm³/mol. The van der Waals surface area contributed by atoms with E-state index in [0.717, 1.165) is 11.3 Å². The van der Waals surface area contributed by atoms with Crippen LogP contribution in [0.3, 0.4) is 0 Å². The van der Waals surface area contributed by atoms with Crippen molar-refractivity contribution in [3.63, 3.8) is 0 Å². The first-order valence-corrected chi connectivity index (χ1v) is 8.14. The molecule has 7 heteroatoms. The van der Waals surface area contributed by atoms with E-state index < -0.39 is 6.10 Å².